The van der Waals surface area contributed by atoms with Crippen molar-refractivity contribution in [3.05, 3.63) is 83.9 Å². The van der Waals surface area contributed by atoms with Gasteiger partial charge in [0.2, 0.25) is 0 Å². The average molecular weight is 309 g/mol. The summed E-state index contributed by atoms with van der Waals surface area (Å²) in [6, 6.07) is 25.2. The van der Waals surface area contributed by atoms with E-state index in [1.165, 1.54) is 29.2 Å². The molecule has 1 aliphatic carbocycles. The highest BCUT2D eigenvalue weighted by Crippen LogP contribution is 2.27. The molecule has 0 atom stereocenters. The number of fused-ring (bicyclic) bond motifs is 1. The standard InChI is InChI=1S/C23H19N/c1-2-8-20(9-3-1)23(16-15-18-13-14-18)24-17-21-11-6-10-19-7-4-5-12-22(19)21/h1-12,18H,13-14,17H2. The van der Waals surface area contributed by atoms with Gasteiger partial charge in [-0.05, 0) is 35.1 Å². The largest absolute Gasteiger partial charge is 0.271 e. The normalized spacial score (nSPS) is 14.2. The van der Waals surface area contributed by atoms with Crippen LogP contribution in [0.1, 0.15) is 24.0 Å². The van der Waals surface area contributed by atoms with Crippen molar-refractivity contribution in [3.8, 4) is 11.8 Å². The molecule has 0 saturated heterocycles. The lowest BCUT2D eigenvalue weighted by molar-refractivity contribution is 1.09. The van der Waals surface area contributed by atoms with Crippen LogP contribution >= 0.6 is 0 Å². The Balaban J connectivity index is 1.68. The summed E-state index contributed by atoms with van der Waals surface area (Å²) in [5.41, 5.74) is 3.25. The Morgan fingerprint density at radius 3 is 2.46 bits per heavy atom. The molecule has 0 N–H and O–H groups in total. The monoisotopic (exact) mass is 309 g/mol. The molecule has 0 amide bonds. The molecule has 1 nitrogen and oxygen atoms in total. The molecule has 1 aliphatic rings. The molecule has 0 spiro atoms. The maximum Gasteiger partial charge on any atom is 0.115 e. The Labute approximate surface area is 143 Å². The fourth-order valence-electron chi connectivity index (χ4n) is 2.79. The molecular formula is C23H19N. The van der Waals surface area contributed by atoms with Crippen LogP contribution in [0.2, 0.25) is 0 Å². The van der Waals surface area contributed by atoms with E-state index in [0.717, 1.165) is 11.3 Å². The topological polar surface area (TPSA) is 12.4 Å². The smallest absolute Gasteiger partial charge is 0.115 e. The van der Waals surface area contributed by atoms with E-state index in [4.69, 9.17) is 4.99 Å². The van der Waals surface area contributed by atoms with E-state index in [-0.39, 0.29) is 0 Å². The SMILES string of the molecule is C(#CC1CC1)C(=NCc1cccc2ccccc12)c1ccccc1. The first-order valence-corrected chi connectivity index (χ1v) is 8.48. The first-order chi connectivity index (χ1) is 11.9. The van der Waals surface area contributed by atoms with Gasteiger partial charge in [-0.25, -0.2) is 0 Å². The molecule has 24 heavy (non-hydrogen) atoms. The van der Waals surface area contributed by atoms with Crippen molar-refractivity contribution in [2.45, 2.75) is 19.4 Å². The van der Waals surface area contributed by atoms with Crippen molar-refractivity contribution >= 4 is 16.5 Å². The lowest BCUT2D eigenvalue weighted by Gasteiger charge is -2.05. The van der Waals surface area contributed by atoms with Gasteiger partial charge in [0.05, 0.1) is 6.54 Å². The molecule has 0 aromatic heterocycles. The summed E-state index contributed by atoms with van der Waals surface area (Å²) in [5, 5.41) is 2.53. The fourth-order valence-corrected chi connectivity index (χ4v) is 2.79. The molecule has 0 bridgehead atoms. The third kappa shape index (κ3) is 3.39. The minimum absolute atomic E-state index is 0.580. The van der Waals surface area contributed by atoms with E-state index >= 15 is 0 Å². The molecule has 0 aliphatic heterocycles. The molecule has 3 aromatic carbocycles. The average Bonchev–Trinajstić information content (AvgIpc) is 3.47. The van der Waals surface area contributed by atoms with Gasteiger partial charge >= 0.3 is 0 Å². The zero-order chi connectivity index (χ0) is 16.2. The lowest BCUT2D eigenvalue weighted by Crippen LogP contribution is -1.99. The highest BCUT2D eigenvalue weighted by atomic mass is 14.7. The van der Waals surface area contributed by atoms with E-state index in [1.54, 1.807) is 0 Å². The number of hydrogen-bond donors (Lipinski definition) is 0. The van der Waals surface area contributed by atoms with Crippen LogP contribution in [0.3, 0.4) is 0 Å². The van der Waals surface area contributed by atoms with E-state index in [9.17, 15) is 0 Å². The maximum atomic E-state index is 4.86. The van der Waals surface area contributed by atoms with Crippen molar-refractivity contribution in [2.24, 2.45) is 10.9 Å². The van der Waals surface area contributed by atoms with E-state index < -0.39 is 0 Å². The highest BCUT2D eigenvalue weighted by molar-refractivity contribution is 6.13. The second kappa shape index (κ2) is 6.72. The maximum absolute atomic E-state index is 4.86. The van der Waals surface area contributed by atoms with E-state index in [0.29, 0.717) is 12.5 Å². The van der Waals surface area contributed by atoms with E-state index in [1.807, 2.05) is 18.2 Å². The van der Waals surface area contributed by atoms with Crippen LogP contribution in [0.4, 0.5) is 0 Å². The zero-order valence-electron chi connectivity index (χ0n) is 13.6. The van der Waals surface area contributed by atoms with Gasteiger partial charge in [-0.2, -0.15) is 0 Å². The number of rotatable bonds is 3. The Morgan fingerprint density at radius 2 is 1.62 bits per heavy atom. The first kappa shape index (κ1) is 14.7. The Kier molecular flexibility index (Phi) is 4.13. The summed E-state index contributed by atoms with van der Waals surface area (Å²) < 4.78 is 0. The van der Waals surface area contributed by atoms with Crippen molar-refractivity contribution < 1.29 is 0 Å². The first-order valence-electron chi connectivity index (χ1n) is 8.48. The summed E-state index contributed by atoms with van der Waals surface area (Å²) in [6.07, 6.45) is 2.47. The van der Waals surface area contributed by atoms with Crippen molar-refractivity contribution in [2.75, 3.05) is 0 Å². The predicted molar refractivity (Wildman–Crippen MR) is 101 cm³/mol. The Morgan fingerprint density at radius 1 is 0.875 bits per heavy atom. The summed E-state index contributed by atoms with van der Waals surface area (Å²) in [7, 11) is 0. The third-order valence-electron chi connectivity index (χ3n) is 4.31. The summed E-state index contributed by atoms with van der Waals surface area (Å²) in [5.74, 6) is 7.24. The van der Waals surface area contributed by atoms with Crippen molar-refractivity contribution in [1.29, 1.82) is 0 Å². The van der Waals surface area contributed by atoms with Crippen molar-refractivity contribution in [3.63, 3.8) is 0 Å². The molecule has 1 heteroatoms. The summed E-state index contributed by atoms with van der Waals surface area (Å²) in [6.45, 7) is 0.658. The highest BCUT2D eigenvalue weighted by Gasteiger charge is 2.18. The zero-order valence-corrected chi connectivity index (χ0v) is 13.6. The number of nitrogens with zero attached hydrogens (tertiary/aromatic N) is 1. The van der Waals surface area contributed by atoms with Gasteiger partial charge in [0, 0.05) is 11.5 Å². The van der Waals surface area contributed by atoms with Crippen LogP contribution < -0.4 is 0 Å². The quantitative estimate of drug-likeness (QED) is 0.463. The van der Waals surface area contributed by atoms with Crippen LogP contribution in [0.15, 0.2) is 77.8 Å². The van der Waals surface area contributed by atoms with Crippen molar-refractivity contribution in [1.82, 2.24) is 0 Å². The van der Waals surface area contributed by atoms with Crippen LogP contribution in [-0.2, 0) is 6.54 Å². The van der Waals surface area contributed by atoms with Gasteiger partial charge in [0.1, 0.15) is 5.71 Å². The molecule has 0 radical (unpaired) electrons. The summed E-state index contributed by atoms with van der Waals surface area (Å²) >= 11 is 0. The molecule has 1 fully saturated rings. The van der Waals surface area contributed by atoms with Crippen LogP contribution in [0.25, 0.3) is 10.8 Å². The van der Waals surface area contributed by atoms with Gasteiger partial charge in [0.25, 0.3) is 0 Å². The van der Waals surface area contributed by atoms with Crippen LogP contribution in [0, 0.1) is 17.8 Å². The molecule has 0 heterocycles. The minimum atomic E-state index is 0.580. The fraction of sp³-hybridized carbons (Fsp3) is 0.174. The Hall–Kier alpha value is -2.85. The lowest BCUT2D eigenvalue weighted by atomic mass is 10.0. The van der Waals surface area contributed by atoms with Gasteiger partial charge < -0.3 is 0 Å². The number of benzene rings is 3. The van der Waals surface area contributed by atoms with Gasteiger partial charge in [-0.3, -0.25) is 4.99 Å². The molecule has 116 valence electrons. The molecule has 3 aromatic rings. The Bertz CT molecular complexity index is 932. The number of aliphatic imine (C=N–C) groups is 1. The van der Waals surface area contributed by atoms with Gasteiger partial charge in [-0.1, -0.05) is 78.7 Å². The number of hydrogen-bond acceptors (Lipinski definition) is 1. The molecule has 0 unspecified atom stereocenters. The van der Waals surface area contributed by atoms with E-state index in [2.05, 4.69) is 66.4 Å². The summed E-state index contributed by atoms with van der Waals surface area (Å²) in [4.78, 5) is 4.86. The van der Waals surface area contributed by atoms with Gasteiger partial charge in [0.15, 0.2) is 0 Å². The third-order valence-corrected chi connectivity index (χ3v) is 4.31. The van der Waals surface area contributed by atoms with Gasteiger partial charge in [-0.15, -0.1) is 0 Å². The molecular weight excluding hydrogens is 290 g/mol. The molecule has 4 rings (SSSR count). The van der Waals surface area contributed by atoms with Crippen LogP contribution in [-0.4, -0.2) is 5.71 Å². The second-order valence-corrected chi connectivity index (χ2v) is 6.21. The second-order valence-electron chi connectivity index (χ2n) is 6.21. The molecule has 1 saturated carbocycles. The minimum Gasteiger partial charge on any atom is -0.271 e. The van der Waals surface area contributed by atoms with Crippen LogP contribution in [0.5, 0.6) is 0 Å². The predicted octanol–water partition coefficient (Wildman–Crippen LogP) is 5.24.